The van der Waals surface area contributed by atoms with Crippen LogP contribution in [0.2, 0.25) is 0 Å². The molecular formula is C44H28N8O8Ru. The Kier molecular flexibility index (Phi) is 17.3. The van der Waals surface area contributed by atoms with Crippen LogP contribution in [-0.2, 0) is 19.5 Å². The number of hydrogen-bond acceptors (Lipinski definition) is 16. The van der Waals surface area contributed by atoms with Crippen molar-refractivity contribution in [2.45, 2.75) is 0 Å². The monoisotopic (exact) mass is 898 g/mol. The molecule has 300 valence electrons. The molecule has 0 aliphatic heterocycles. The normalized spacial score (nSPS) is 9.70. The van der Waals surface area contributed by atoms with Gasteiger partial charge in [0.1, 0.15) is 0 Å². The van der Waals surface area contributed by atoms with Crippen molar-refractivity contribution in [1.29, 1.82) is 0 Å². The third kappa shape index (κ3) is 12.8. The van der Waals surface area contributed by atoms with Crippen LogP contribution in [0.3, 0.4) is 0 Å². The van der Waals surface area contributed by atoms with Crippen LogP contribution in [0.5, 0.6) is 0 Å². The Morgan fingerprint density at radius 1 is 0.279 bits per heavy atom. The van der Waals surface area contributed by atoms with Crippen molar-refractivity contribution in [2.75, 3.05) is 0 Å². The third-order valence-electron chi connectivity index (χ3n) is 7.74. The van der Waals surface area contributed by atoms with E-state index >= 15 is 0 Å². The maximum atomic E-state index is 10.8. The van der Waals surface area contributed by atoms with E-state index in [1.54, 1.807) is 122 Å². The summed E-state index contributed by atoms with van der Waals surface area (Å²) in [5.41, 5.74) is 3.64. The Bertz CT molecular complexity index is 2310. The molecule has 0 fully saturated rings. The minimum atomic E-state index is -1.25. The molecule has 17 heteroatoms. The first-order valence-electron chi connectivity index (χ1n) is 17.5. The molecule has 0 atom stereocenters. The van der Waals surface area contributed by atoms with Gasteiger partial charge < -0.3 is 39.6 Å². The Balaban J connectivity index is 0.000000178. The summed E-state index contributed by atoms with van der Waals surface area (Å²) in [6.07, 6.45) is 12.4. The standard InChI is InChI=1S/4C11H8N2O2.Ru/c4*14-11(15)8-4-3-7-13-10(8)9-5-1-2-6-12-9;/h4*1-7H,(H,14,15);/q;;;;+4/p-4. The zero-order valence-electron chi connectivity index (χ0n) is 31.4. The van der Waals surface area contributed by atoms with Crippen molar-refractivity contribution < 1.29 is 59.1 Å². The number of rotatable bonds is 8. The van der Waals surface area contributed by atoms with Crippen LogP contribution in [0.1, 0.15) is 41.4 Å². The minimum absolute atomic E-state index is 0. The summed E-state index contributed by atoms with van der Waals surface area (Å²) in [7, 11) is 0. The third-order valence-corrected chi connectivity index (χ3v) is 7.74. The summed E-state index contributed by atoms with van der Waals surface area (Å²) < 4.78 is 0. The first-order valence-corrected chi connectivity index (χ1v) is 17.5. The van der Waals surface area contributed by atoms with Gasteiger partial charge in [-0.25, -0.2) is 0 Å². The van der Waals surface area contributed by atoms with Crippen molar-refractivity contribution >= 4 is 23.9 Å². The number of carboxylic acid groups (broad SMARTS) is 4. The summed E-state index contributed by atoms with van der Waals surface area (Å²) >= 11 is 0. The topological polar surface area (TPSA) is 264 Å². The first kappa shape index (κ1) is 45.4. The van der Waals surface area contributed by atoms with Gasteiger partial charge in [-0.05, 0) is 97.1 Å². The summed E-state index contributed by atoms with van der Waals surface area (Å²) in [5, 5.41) is 43.3. The average Bonchev–Trinajstić information content (AvgIpc) is 3.30. The number of carboxylic acids is 4. The molecule has 0 saturated carbocycles. The molecule has 0 radical (unpaired) electrons. The van der Waals surface area contributed by atoms with Crippen molar-refractivity contribution in [3.05, 3.63) is 193 Å². The van der Waals surface area contributed by atoms with Crippen LogP contribution in [0.25, 0.3) is 45.6 Å². The van der Waals surface area contributed by atoms with Crippen LogP contribution < -0.4 is 20.4 Å². The second kappa shape index (κ2) is 23.2. The first-order chi connectivity index (χ1) is 29.2. The van der Waals surface area contributed by atoms with Gasteiger partial charge in [-0.2, -0.15) is 0 Å². The Labute approximate surface area is 360 Å². The van der Waals surface area contributed by atoms with Gasteiger partial charge in [-0.3, -0.25) is 39.9 Å². The molecule has 0 saturated heterocycles. The molecule has 0 spiro atoms. The van der Waals surface area contributed by atoms with Crippen molar-refractivity contribution in [3.63, 3.8) is 0 Å². The van der Waals surface area contributed by atoms with Gasteiger partial charge in [0, 0.05) is 71.8 Å². The fraction of sp³-hybridized carbons (Fsp3) is 0. The number of hydrogen-bond donors (Lipinski definition) is 0. The quantitative estimate of drug-likeness (QED) is 0.198. The maximum Gasteiger partial charge on any atom is 4.00 e. The summed E-state index contributed by atoms with van der Waals surface area (Å²) in [6.45, 7) is 0. The zero-order valence-corrected chi connectivity index (χ0v) is 33.1. The van der Waals surface area contributed by atoms with E-state index in [-0.39, 0.29) is 41.7 Å². The number of aromatic carboxylic acids is 4. The molecule has 8 aromatic heterocycles. The average molecular weight is 898 g/mol. The number of carbonyl (C=O) groups is 4. The van der Waals surface area contributed by atoms with Crippen LogP contribution in [0, 0.1) is 0 Å². The van der Waals surface area contributed by atoms with E-state index in [4.69, 9.17) is 0 Å². The minimum Gasteiger partial charge on any atom is -0.545 e. The van der Waals surface area contributed by atoms with Crippen LogP contribution >= 0.6 is 0 Å². The van der Waals surface area contributed by atoms with Crippen LogP contribution in [0.4, 0.5) is 0 Å². The van der Waals surface area contributed by atoms with Gasteiger partial charge in [0.15, 0.2) is 0 Å². The largest absolute Gasteiger partial charge is 4.00 e. The Morgan fingerprint density at radius 2 is 0.475 bits per heavy atom. The number of carbonyl (C=O) groups excluding carboxylic acids is 4. The molecule has 8 heterocycles. The van der Waals surface area contributed by atoms with E-state index < -0.39 is 23.9 Å². The van der Waals surface area contributed by atoms with E-state index in [2.05, 4.69) is 39.9 Å². The van der Waals surface area contributed by atoms with Gasteiger partial charge in [0.2, 0.25) is 0 Å². The maximum absolute atomic E-state index is 10.8. The Morgan fingerprint density at radius 3 is 0.639 bits per heavy atom. The van der Waals surface area contributed by atoms with Crippen molar-refractivity contribution in [2.24, 2.45) is 0 Å². The predicted octanol–water partition coefficient (Wildman–Crippen LogP) is 2.03. The SMILES string of the molecule is O=C([O-])c1cccnc1-c1ccccn1.O=C([O-])c1cccnc1-c1ccccn1.O=C([O-])c1cccnc1-c1ccccn1.O=C([O-])c1cccnc1-c1ccccn1.[Ru+4]. The van der Waals surface area contributed by atoms with Gasteiger partial charge in [0.05, 0.1) is 69.4 Å². The van der Waals surface area contributed by atoms with Gasteiger partial charge >= 0.3 is 19.5 Å². The molecule has 0 unspecified atom stereocenters. The smallest absolute Gasteiger partial charge is 0.545 e. The Hall–Kier alpha value is -8.30. The number of pyridine rings is 8. The fourth-order valence-corrected chi connectivity index (χ4v) is 5.11. The second-order valence-electron chi connectivity index (χ2n) is 11.6. The molecule has 61 heavy (non-hydrogen) atoms. The summed E-state index contributed by atoms with van der Waals surface area (Å²) in [6, 6.07) is 32.9. The van der Waals surface area contributed by atoms with Crippen LogP contribution in [-0.4, -0.2) is 63.7 Å². The van der Waals surface area contributed by atoms with E-state index in [0.29, 0.717) is 45.6 Å². The predicted molar refractivity (Wildman–Crippen MR) is 207 cm³/mol. The zero-order chi connectivity index (χ0) is 42.7. The molecule has 0 aliphatic rings. The van der Waals surface area contributed by atoms with E-state index in [1.807, 2.05) is 0 Å². The van der Waals surface area contributed by atoms with Crippen molar-refractivity contribution in [3.8, 4) is 45.6 Å². The molecule has 8 rings (SSSR count). The van der Waals surface area contributed by atoms with Gasteiger partial charge in [-0.15, -0.1) is 0 Å². The number of nitrogens with zero attached hydrogens (tertiary/aromatic N) is 8. The summed E-state index contributed by atoms with van der Waals surface area (Å²) in [4.78, 5) is 75.4. The molecular weight excluding hydrogens is 870 g/mol. The molecule has 0 aromatic carbocycles. The summed E-state index contributed by atoms with van der Waals surface area (Å²) in [5.74, 6) is -4.99. The van der Waals surface area contributed by atoms with Crippen LogP contribution in [0.15, 0.2) is 171 Å². The fourth-order valence-electron chi connectivity index (χ4n) is 5.11. The molecule has 0 bridgehead atoms. The van der Waals surface area contributed by atoms with E-state index in [1.165, 1.54) is 49.1 Å². The van der Waals surface area contributed by atoms with E-state index in [0.717, 1.165) is 0 Å². The van der Waals surface area contributed by atoms with Gasteiger partial charge in [0.25, 0.3) is 0 Å². The number of aromatic nitrogens is 8. The molecule has 0 amide bonds. The molecule has 0 N–H and O–H groups in total. The van der Waals surface area contributed by atoms with E-state index in [9.17, 15) is 39.6 Å². The molecule has 16 nitrogen and oxygen atoms in total. The van der Waals surface area contributed by atoms with Crippen molar-refractivity contribution in [1.82, 2.24) is 39.9 Å². The van der Waals surface area contributed by atoms with Gasteiger partial charge in [-0.1, -0.05) is 24.3 Å². The second-order valence-corrected chi connectivity index (χ2v) is 11.6. The molecule has 0 aliphatic carbocycles. The molecule has 8 aromatic rings.